The lowest BCUT2D eigenvalue weighted by atomic mass is 10.1. The average Bonchev–Trinajstić information content (AvgIpc) is 2.55. The largest absolute Gasteiger partial charge is 0.287 e. The fraction of sp³-hybridized carbons (Fsp3) is 0. The number of carbonyl (C=O) groups excluding carboxylic acids is 1. The maximum atomic E-state index is 11.8. The van der Waals surface area contributed by atoms with Gasteiger partial charge in [-0.25, -0.2) is 9.97 Å². The van der Waals surface area contributed by atoms with E-state index in [1.54, 1.807) is 6.20 Å². The van der Waals surface area contributed by atoms with E-state index in [1.165, 1.54) is 6.33 Å². The minimum Gasteiger partial charge on any atom is -0.287 e. The molecule has 1 aliphatic rings. The molecule has 3 nitrogen and oxygen atoms in total. The lowest BCUT2D eigenvalue weighted by Crippen LogP contribution is -1.97. The molecule has 0 spiro atoms. The predicted molar refractivity (Wildman–Crippen MR) is 50.9 cm³/mol. The summed E-state index contributed by atoms with van der Waals surface area (Å²) in [4.78, 5) is 19.7. The SMILES string of the molecule is O=C1c2ccccc2-c2cncnc21. The normalized spacial score (nSPS) is 12.4. The molecular weight excluding hydrogens is 176 g/mol. The molecule has 0 atom stereocenters. The summed E-state index contributed by atoms with van der Waals surface area (Å²) in [6, 6.07) is 7.51. The Kier molecular flexibility index (Phi) is 1.31. The fourth-order valence-electron chi connectivity index (χ4n) is 1.75. The zero-order valence-electron chi connectivity index (χ0n) is 7.27. The maximum absolute atomic E-state index is 11.8. The van der Waals surface area contributed by atoms with Gasteiger partial charge in [0.25, 0.3) is 0 Å². The van der Waals surface area contributed by atoms with E-state index < -0.39 is 0 Å². The van der Waals surface area contributed by atoms with Gasteiger partial charge in [-0.2, -0.15) is 0 Å². The van der Waals surface area contributed by atoms with Gasteiger partial charge in [0.05, 0.1) is 0 Å². The monoisotopic (exact) mass is 182 g/mol. The second kappa shape index (κ2) is 2.48. The van der Waals surface area contributed by atoms with Crippen LogP contribution in [0.1, 0.15) is 16.1 Å². The van der Waals surface area contributed by atoms with Crippen molar-refractivity contribution in [3.05, 3.63) is 48.0 Å². The van der Waals surface area contributed by atoms with Gasteiger partial charge in [0.15, 0.2) is 0 Å². The Morgan fingerprint density at radius 2 is 1.79 bits per heavy atom. The molecule has 1 heterocycles. The third kappa shape index (κ3) is 0.785. The quantitative estimate of drug-likeness (QED) is 0.531. The number of nitrogens with zero attached hydrogens (tertiary/aromatic N) is 2. The molecule has 14 heavy (non-hydrogen) atoms. The third-order valence-corrected chi connectivity index (χ3v) is 2.39. The summed E-state index contributed by atoms with van der Waals surface area (Å²) in [6.07, 6.45) is 3.09. The van der Waals surface area contributed by atoms with Crippen LogP contribution in [-0.2, 0) is 0 Å². The molecule has 2 aromatic rings. The summed E-state index contributed by atoms with van der Waals surface area (Å²) < 4.78 is 0. The average molecular weight is 182 g/mol. The van der Waals surface area contributed by atoms with E-state index in [2.05, 4.69) is 9.97 Å². The van der Waals surface area contributed by atoms with Crippen molar-refractivity contribution in [2.75, 3.05) is 0 Å². The molecule has 0 unspecified atom stereocenters. The van der Waals surface area contributed by atoms with Gasteiger partial charge in [0, 0.05) is 17.3 Å². The molecule has 0 N–H and O–H groups in total. The number of rotatable bonds is 0. The van der Waals surface area contributed by atoms with Crippen molar-refractivity contribution in [2.24, 2.45) is 0 Å². The van der Waals surface area contributed by atoms with Crippen LogP contribution in [-0.4, -0.2) is 15.8 Å². The molecule has 0 fully saturated rings. The van der Waals surface area contributed by atoms with Gasteiger partial charge in [-0.15, -0.1) is 0 Å². The van der Waals surface area contributed by atoms with Gasteiger partial charge >= 0.3 is 0 Å². The van der Waals surface area contributed by atoms with Crippen LogP contribution in [0, 0.1) is 0 Å². The van der Waals surface area contributed by atoms with E-state index in [0.29, 0.717) is 5.69 Å². The highest BCUT2D eigenvalue weighted by molar-refractivity contribution is 6.20. The molecule has 0 aliphatic heterocycles. The lowest BCUT2D eigenvalue weighted by molar-refractivity contribution is 0.103. The van der Waals surface area contributed by atoms with E-state index >= 15 is 0 Å². The molecule has 3 rings (SSSR count). The first kappa shape index (κ1) is 7.38. The first-order valence-corrected chi connectivity index (χ1v) is 4.32. The van der Waals surface area contributed by atoms with Gasteiger partial charge in [0.1, 0.15) is 12.0 Å². The van der Waals surface area contributed by atoms with Crippen LogP contribution in [0.4, 0.5) is 0 Å². The van der Waals surface area contributed by atoms with Crippen molar-refractivity contribution in [2.45, 2.75) is 0 Å². The summed E-state index contributed by atoms with van der Waals surface area (Å²) in [7, 11) is 0. The van der Waals surface area contributed by atoms with Crippen LogP contribution in [0.5, 0.6) is 0 Å². The minimum atomic E-state index is -0.00185. The standard InChI is InChI=1S/C11H6N2O/c14-11-8-4-2-1-3-7(8)9-5-12-6-13-10(9)11/h1-6H. The lowest BCUT2D eigenvalue weighted by Gasteiger charge is -1.95. The van der Waals surface area contributed by atoms with Crippen molar-refractivity contribution in [3.63, 3.8) is 0 Å². The van der Waals surface area contributed by atoms with E-state index in [9.17, 15) is 4.79 Å². The third-order valence-electron chi connectivity index (χ3n) is 2.39. The van der Waals surface area contributed by atoms with E-state index in [1.807, 2.05) is 24.3 Å². The highest BCUT2D eigenvalue weighted by atomic mass is 16.1. The number of hydrogen-bond acceptors (Lipinski definition) is 3. The summed E-state index contributed by atoms with van der Waals surface area (Å²) in [6.45, 7) is 0. The molecule has 66 valence electrons. The van der Waals surface area contributed by atoms with Gasteiger partial charge in [-0.1, -0.05) is 24.3 Å². The number of benzene rings is 1. The van der Waals surface area contributed by atoms with Crippen LogP contribution >= 0.6 is 0 Å². The summed E-state index contributed by atoms with van der Waals surface area (Å²) in [5, 5.41) is 0. The van der Waals surface area contributed by atoms with Crippen molar-refractivity contribution >= 4 is 5.78 Å². The highest BCUT2D eigenvalue weighted by Crippen LogP contribution is 2.33. The predicted octanol–water partition coefficient (Wildman–Crippen LogP) is 1.69. The molecule has 3 heteroatoms. The van der Waals surface area contributed by atoms with Crippen molar-refractivity contribution in [3.8, 4) is 11.1 Å². The number of hydrogen-bond donors (Lipinski definition) is 0. The van der Waals surface area contributed by atoms with Gasteiger partial charge in [0.2, 0.25) is 5.78 Å². The zero-order valence-corrected chi connectivity index (χ0v) is 7.27. The smallest absolute Gasteiger partial charge is 0.212 e. The molecule has 1 aliphatic carbocycles. The van der Waals surface area contributed by atoms with E-state index in [-0.39, 0.29) is 5.78 Å². The Morgan fingerprint density at radius 3 is 2.64 bits per heavy atom. The van der Waals surface area contributed by atoms with Crippen LogP contribution in [0.25, 0.3) is 11.1 Å². The topological polar surface area (TPSA) is 42.9 Å². The van der Waals surface area contributed by atoms with Crippen LogP contribution in [0.15, 0.2) is 36.8 Å². The first-order chi connectivity index (χ1) is 6.88. The van der Waals surface area contributed by atoms with Gasteiger partial charge < -0.3 is 0 Å². The van der Waals surface area contributed by atoms with Crippen LogP contribution in [0.2, 0.25) is 0 Å². The zero-order chi connectivity index (χ0) is 9.54. The number of carbonyl (C=O) groups is 1. The molecule has 0 saturated carbocycles. The van der Waals surface area contributed by atoms with Crippen LogP contribution < -0.4 is 0 Å². The number of fused-ring (bicyclic) bond motifs is 3. The minimum absolute atomic E-state index is 0.00185. The maximum Gasteiger partial charge on any atom is 0.212 e. The summed E-state index contributed by atoms with van der Waals surface area (Å²) in [5.74, 6) is -0.00185. The molecule has 0 radical (unpaired) electrons. The molecule has 0 amide bonds. The highest BCUT2D eigenvalue weighted by Gasteiger charge is 2.27. The fourth-order valence-corrected chi connectivity index (χ4v) is 1.75. The van der Waals surface area contributed by atoms with Crippen LogP contribution in [0.3, 0.4) is 0 Å². The Balaban J connectivity index is 2.42. The number of aromatic nitrogens is 2. The molecule has 1 aromatic carbocycles. The number of ketones is 1. The van der Waals surface area contributed by atoms with E-state index in [4.69, 9.17) is 0 Å². The molecule has 0 saturated heterocycles. The Morgan fingerprint density at radius 1 is 1.00 bits per heavy atom. The van der Waals surface area contributed by atoms with Gasteiger partial charge in [-0.3, -0.25) is 4.79 Å². The molecular formula is C11H6N2O. The Labute approximate surface area is 80.4 Å². The van der Waals surface area contributed by atoms with Crippen molar-refractivity contribution in [1.82, 2.24) is 9.97 Å². The second-order valence-electron chi connectivity index (χ2n) is 3.16. The molecule has 1 aromatic heterocycles. The summed E-state index contributed by atoms with van der Waals surface area (Å²) in [5.41, 5.74) is 3.02. The Bertz CT molecular complexity index is 487. The van der Waals surface area contributed by atoms with Crippen molar-refractivity contribution < 1.29 is 4.79 Å². The van der Waals surface area contributed by atoms with Crippen molar-refractivity contribution in [1.29, 1.82) is 0 Å². The Hall–Kier alpha value is -2.03. The molecule has 0 bridgehead atoms. The van der Waals surface area contributed by atoms with Gasteiger partial charge in [-0.05, 0) is 5.56 Å². The van der Waals surface area contributed by atoms with E-state index in [0.717, 1.165) is 16.7 Å². The summed E-state index contributed by atoms with van der Waals surface area (Å²) >= 11 is 0. The second-order valence-corrected chi connectivity index (χ2v) is 3.16. The first-order valence-electron chi connectivity index (χ1n) is 4.32.